The molecule has 9 heteroatoms. The molecular weight excluding hydrogens is 374 g/mol. The molecule has 0 aliphatic carbocycles. The van der Waals surface area contributed by atoms with Crippen LogP contribution < -0.4 is 15.4 Å². The summed E-state index contributed by atoms with van der Waals surface area (Å²) in [7, 11) is 1.45. The normalized spacial score (nSPS) is 11.3. The Kier molecular flexibility index (Phi) is 7.02. The molecule has 0 spiro atoms. The number of halogens is 2. The van der Waals surface area contributed by atoms with Crippen molar-refractivity contribution < 1.29 is 32.6 Å². The van der Waals surface area contributed by atoms with Gasteiger partial charge in [-0.3, -0.25) is 14.4 Å². The molecule has 0 heterocycles. The van der Waals surface area contributed by atoms with Crippen molar-refractivity contribution in [1.82, 2.24) is 5.32 Å². The molecule has 2 aromatic carbocycles. The molecule has 0 saturated heterocycles. The van der Waals surface area contributed by atoms with Gasteiger partial charge in [0.15, 0.2) is 6.10 Å². The van der Waals surface area contributed by atoms with Crippen LogP contribution in [0.2, 0.25) is 0 Å². The van der Waals surface area contributed by atoms with Crippen molar-refractivity contribution in [1.29, 1.82) is 0 Å². The van der Waals surface area contributed by atoms with E-state index in [-0.39, 0.29) is 0 Å². The van der Waals surface area contributed by atoms with Crippen LogP contribution in [0.1, 0.15) is 17.3 Å². The molecule has 0 aliphatic rings. The van der Waals surface area contributed by atoms with Crippen LogP contribution in [0.25, 0.3) is 0 Å². The molecule has 0 radical (unpaired) electrons. The molecule has 28 heavy (non-hydrogen) atoms. The van der Waals surface area contributed by atoms with E-state index in [9.17, 15) is 23.2 Å². The van der Waals surface area contributed by atoms with E-state index in [0.29, 0.717) is 17.5 Å². The number of methoxy groups -OCH3 is 1. The van der Waals surface area contributed by atoms with Crippen molar-refractivity contribution in [3.8, 4) is 5.75 Å². The molecule has 1 unspecified atom stereocenters. The van der Waals surface area contributed by atoms with Crippen LogP contribution in [0.4, 0.5) is 14.5 Å². The lowest BCUT2D eigenvalue weighted by molar-refractivity contribution is -0.152. The quantitative estimate of drug-likeness (QED) is 0.705. The number of hydrogen-bond acceptors (Lipinski definition) is 5. The van der Waals surface area contributed by atoms with Gasteiger partial charge in [0, 0.05) is 6.07 Å². The van der Waals surface area contributed by atoms with E-state index in [4.69, 9.17) is 9.47 Å². The number of benzene rings is 2. The van der Waals surface area contributed by atoms with Crippen molar-refractivity contribution in [3.05, 3.63) is 59.7 Å². The van der Waals surface area contributed by atoms with Gasteiger partial charge in [-0.05, 0) is 31.2 Å². The van der Waals surface area contributed by atoms with Gasteiger partial charge in [-0.15, -0.1) is 0 Å². The van der Waals surface area contributed by atoms with Crippen LogP contribution in [-0.2, 0) is 14.3 Å². The Labute approximate surface area is 159 Å². The number of amides is 2. The molecule has 0 saturated carbocycles. The Bertz CT molecular complexity index is 888. The Morgan fingerprint density at radius 1 is 1.11 bits per heavy atom. The fourth-order valence-electron chi connectivity index (χ4n) is 2.20. The maximum Gasteiger partial charge on any atom is 0.326 e. The van der Waals surface area contributed by atoms with E-state index in [2.05, 4.69) is 10.6 Å². The lowest BCUT2D eigenvalue weighted by atomic mass is 10.2. The topological polar surface area (TPSA) is 93.7 Å². The minimum absolute atomic E-state index is 0.401. The van der Waals surface area contributed by atoms with Gasteiger partial charge in [-0.1, -0.05) is 12.1 Å². The van der Waals surface area contributed by atoms with Crippen molar-refractivity contribution in [2.75, 3.05) is 19.0 Å². The molecule has 1 atom stereocenters. The fourth-order valence-corrected chi connectivity index (χ4v) is 2.20. The minimum atomic E-state index is -1.16. The Balaban J connectivity index is 1.86. The van der Waals surface area contributed by atoms with Crippen molar-refractivity contribution in [2.45, 2.75) is 13.0 Å². The third kappa shape index (κ3) is 5.50. The number of carbonyl (C=O) groups excluding carboxylic acids is 3. The van der Waals surface area contributed by atoms with E-state index in [1.54, 1.807) is 24.3 Å². The highest BCUT2D eigenvalue weighted by Crippen LogP contribution is 2.23. The Morgan fingerprint density at radius 2 is 1.82 bits per heavy atom. The van der Waals surface area contributed by atoms with E-state index in [0.717, 1.165) is 12.1 Å². The zero-order valence-corrected chi connectivity index (χ0v) is 15.1. The number of carbonyl (C=O) groups is 3. The molecule has 0 aromatic heterocycles. The van der Waals surface area contributed by atoms with Gasteiger partial charge in [0.05, 0.1) is 18.4 Å². The number of hydrogen-bond donors (Lipinski definition) is 2. The van der Waals surface area contributed by atoms with E-state index in [1.807, 2.05) is 0 Å². The molecule has 2 amide bonds. The first-order chi connectivity index (χ1) is 13.3. The summed E-state index contributed by atoms with van der Waals surface area (Å²) in [5, 5.41) is 4.70. The van der Waals surface area contributed by atoms with Gasteiger partial charge in [-0.2, -0.15) is 0 Å². The van der Waals surface area contributed by atoms with Gasteiger partial charge in [0.1, 0.15) is 23.9 Å². The van der Waals surface area contributed by atoms with Crippen LogP contribution in [0.5, 0.6) is 5.75 Å². The van der Waals surface area contributed by atoms with Gasteiger partial charge < -0.3 is 20.1 Å². The second-order valence-corrected chi connectivity index (χ2v) is 5.63. The summed E-state index contributed by atoms with van der Waals surface area (Å²) in [5.41, 5.74) is -0.0193. The third-order valence-corrected chi connectivity index (χ3v) is 3.61. The van der Waals surface area contributed by atoms with E-state index < -0.39 is 47.6 Å². The summed E-state index contributed by atoms with van der Waals surface area (Å²) in [6.45, 7) is 0.756. The number of rotatable bonds is 7. The van der Waals surface area contributed by atoms with E-state index in [1.165, 1.54) is 14.0 Å². The predicted molar refractivity (Wildman–Crippen MR) is 95.9 cm³/mol. The monoisotopic (exact) mass is 392 g/mol. The summed E-state index contributed by atoms with van der Waals surface area (Å²) in [4.78, 5) is 35.8. The molecule has 0 aliphatic heterocycles. The lowest BCUT2D eigenvalue weighted by Crippen LogP contribution is -2.36. The maximum absolute atomic E-state index is 13.5. The molecule has 2 aromatic rings. The molecule has 2 N–H and O–H groups in total. The number of anilines is 1. The maximum atomic E-state index is 13.5. The van der Waals surface area contributed by atoms with E-state index >= 15 is 0 Å². The molecule has 7 nitrogen and oxygen atoms in total. The van der Waals surface area contributed by atoms with Gasteiger partial charge in [0.2, 0.25) is 0 Å². The first kappa shape index (κ1) is 20.8. The summed E-state index contributed by atoms with van der Waals surface area (Å²) in [6, 6.07) is 9.11. The van der Waals surface area contributed by atoms with Crippen LogP contribution in [-0.4, -0.2) is 37.5 Å². The van der Waals surface area contributed by atoms with Crippen LogP contribution >= 0.6 is 0 Å². The number of esters is 1. The second kappa shape index (κ2) is 9.45. The number of para-hydroxylation sites is 2. The first-order valence-corrected chi connectivity index (χ1v) is 8.18. The first-order valence-electron chi connectivity index (χ1n) is 8.18. The lowest BCUT2D eigenvalue weighted by Gasteiger charge is -2.15. The van der Waals surface area contributed by atoms with Crippen molar-refractivity contribution >= 4 is 23.5 Å². The van der Waals surface area contributed by atoms with Crippen LogP contribution in [0.3, 0.4) is 0 Å². The third-order valence-electron chi connectivity index (χ3n) is 3.61. The average Bonchev–Trinajstić information content (AvgIpc) is 2.66. The summed E-state index contributed by atoms with van der Waals surface area (Å²) < 4.78 is 36.4. The smallest absolute Gasteiger partial charge is 0.326 e. The predicted octanol–water partition coefficient (Wildman–Crippen LogP) is 2.27. The molecular formula is C19H18F2N2O5. The van der Waals surface area contributed by atoms with Crippen molar-refractivity contribution in [3.63, 3.8) is 0 Å². The zero-order valence-electron chi connectivity index (χ0n) is 15.1. The molecule has 0 fully saturated rings. The highest BCUT2D eigenvalue weighted by atomic mass is 19.1. The van der Waals surface area contributed by atoms with Gasteiger partial charge in [0.25, 0.3) is 11.8 Å². The summed E-state index contributed by atoms with van der Waals surface area (Å²) >= 11 is 0. The van der Waals surface area contributed by atoms with Gasteiger partial charge >= 0.3 is 5.97 Å². The molecule has 0 bridgehead atoms. The van der Waals surface area contributed by atoms with Crippen molar-refractivity contribution in [2.24, 2.45) is 0 Å². The summed E-state index contributed by atoms with van der Waals surface area (Å²) in [6.07, 6.45) is -1.16. The number of ether oxygens (including phenoxy) is 2. The Morgan fingerprint density at radius 3 is 2.50 bits per heavy atom. The standard InChI is InChI=1S/C19H18F2N2O5/c1-11(18(25)23-15-5-3-4-6-16(15)27-2)28-17(24)10-22-19(26)13-8-7-12(20)9-14(13)21/h3-9,11H,10H2,1-2H3,(H,22,26)(H,23,25). The second-order valence-electron chi connectivity index (χ2n) is 5.63. The van der Waals surface area contributed by atoms with Crippen LogP contribution in [0.15, 0.2) is 42.5 Å². The summed E-state index contributed by atoms with van der Waals surface area (Å²) in [5.74, 6) is -3.88. The highest BCUT2D eigenvalue weighted by molar-refractivity contribution is 5.98. The highest BCUT2D eigenvalue weighted by Gasteiger charge is 2.20. The zero-order chi connectivity index (χ0) is 20.7. The minimum Gasteiger partial charge on any atom is -0.495 e. The van der Waals surface area contributed by atoms with Gasteiger partial charge in [-0.25, -0.2) is 8.78 Å². The number of nitrogens with one attached hydrogen (secondary N) is 2. The van der Waals surface area contributed by atoms with Crippen LogP contribution in [0, 0.1) is 11.6 Å². The fraction of sp³-hybridized carbons (Fsp3) is 0.211. The Hall–Kier alpha value is -3.49. The SMILES string of the molecule is COc1ccccc1NC(=O)C(C)OC(=O)CNC(=O)c1ccc(F)cc1F. The molecule has 2 rings (SSSR count). The average molecular weight is 392 g/mol. The molecule has 148 valence electrons. The largest absolute Gasteiger partial charge is 0.495 e.